The van der Waals surface area contributed by atoms with Gasteiger partial charge < -0.3 is 11.5 Å². The molecule has 0 heterocycles. The zero-order valence-corrected chi connectivity index (χ0v) is 19.7. The number of nitrogens with two attached hydrogens (primary N) is 2. The van der Waals surface area contributed by atoms with Crippen LogP contribution in [0.5, 0.6) is 0 Å². The molecule has 172 valence electrons. The van der Waals surface area contributed by atoms with Crippen molar-refractivity contribution in [3.05, 3.63) is 35.9 Å². The number of carbonyl (C=O) groups excluding carboxylic acids is 1. The van der Waals surface area contributed by atoms with Crippen LogP contribution in [0.25, 0.3) is 0 Å². The third kappa shape index (κ3) is 13.9. The summed E-state index contributed by atoms with van der Waals surface area (Å²) < 4.78 is 0. The Morgan fingerprint density at radius 2 is 1.07 bits per heavy atom. The molecule has 0 aliphatic rings. The van der Waals surface area contributed by atoms with Crippen molar-refractivity contribution in [3.63, 3.8) is 0 Å². The molecule has 3 nitrogen and oxygen atoms in total. The molecule has 30 heavy (non-hydrogen) atoms. The highest BCUT2D eigenvalue weighted by Crippen LogP contribution is 2.15. The second kappa shape index (κ2) is 17.5. The van der Waals surface area contributed by atoms with E-state index in [0.717, 1.165) is 12.8 Å². The molecule has 0 aromatic heterocycles. The lowest BCUT2D eigenvalue weighted by molar-refractivity contribution is -0.124. The maximum Gasteiger partial charge on any atom is 0.166 e. The van der Waals surface area contributed by atoms with Crippen molar-refractivity contribution in [1.29, 1.82) is 0 Å². The molecular weight excluding hydrogens is 368 g/mol. The van der Waals surface area contributed by atoms with Gasteiger partial charge in [-0.3, -0.25) is 4.79 Å². The Balaban J connectivity index is 1.75. The van der Waals surface area contributed by atoms with E-state index in [2.05, 4.69) is 30.3 Å². The van der Waals surface area contributed by atoms with Crippen LogP contribution in [-0.4, -0.2) is 11.4 Å². The monoisotopic (exact) mass is 416 g/mol. The molecule has 0 atom stereocenters. The summed E-state index contributed by atoms with van der Waals surface area (Å²) in [6, 6.07) is 10.9. The number of ketones is 1. The summed E-state index contributed by atoms with van der Waals surface area (Å²) in [6.07, 6.45) is 22.1. The van der Waals surface area contributed by atoms with Gasteiger partial charge in [-0.15, -0.1) is 0 Å². The molecule has 0 saturated heterocycles. The van der Waals surface area contributed by atoms with Crippen molar-refractivity contribution in [2.24, 2.45) is 11.5 Å². The molecule has 0 unspecified atom stereocenters. The van der Waals surface area contributed by atoms with Crippen molar-refractivity contribution in [3.8, 4) is 0 Å². The molecule has 1 aromatic carbocycles. The number of rotatable bonds is 20. The van der Waals surface area contributed by atoms with E-state index in [9.17, 15) is 4.79 Å². The van der Waals surface area contributed by atoms with Crippen molar-refractivity contribution < 1.29 is 4.79 Å². The summed E-state index contributed by atoms with van der Waals surface area (Å²) >= 11 is 0. The second-order valence-corrected chi connectivity index (χ2v) is 9.11. The summed E-state index contributed by atoms with van der Waals surface area (Å²) in [5.41, 5.74) is 11.9. The predicted molar refractivity (Wildman–Crippen MR) is 130 cm³/mol. The average Bonchev–Trinajstić information content (AvgIpc) is 2.76. The molecule has 0 bridgehead atoms. The van der Waals surface area contributed by atoms with Gasteiger partial charge in [-0.25, -0.2) is 0 Å². The quantitative estimate of drug-likeness (QED) is 0.176. The minimum Gasteiger partial charge on any atom is -0.307 e. The van der Waals surface area contributed by atoms with Gasteiger partial charge in [0.05, 0.1) is 0 Å². The number of hydrogen-bond acceptors (Lipinski definition) is 3. The number of aryl methyl sites for hydroxylation is 1. The van der Waals surface area contributed by atoms with E-state index in [-0.39, 0.29) is 5.78 Å². The second-order valence-electron chi connectivity index (χ2n) is 9.11. The van der Waals surface area contributed by atoms with Gasteiger partial charge in [0.1, 0.15) is 5.66 Å². The normalized spacial score (nSPS) is 11.7. The Kier molecular flexibility index (Phi) is 15.6. The highest BCUT2D eigenvalue weighted by molar-refractivity contribution is 5.87. The fourth-order valence-electron chi connectivity index (χ4n) is 3.99. The Hall–Kier alpha value is -1.19. The summed E-state index contributed by atoms with van der Waals surface area (Å²) in [6.45, 7) is 1.87. The van der Waals surface area contributed by atoms with Gasteiger partial charge in [-0.1, -0.05) is 121 Å². The lowest BCUT2D eigenvalue weighted by Crippen LogP contribution is -2.55. The SMILES string of the molecule is CCC(N)(N)C(=O)CCCCCCCCCCCCCCCCCc1ccccc1. The maximum atomic E-state index is 11.8. The third-order valence-corrected chi connectivity index (χ3v) is 6.32. The van der Waals surface area contributed by atoms with Gasteiger partial charge in [0, 0.05) is 6.42 Å². The molecule has 0 spiro atoms. The average molecular weight is 417 g/mol. The van der Waals surface area contributed by atoms with E-state index >= 15 is 0 Å². The highest BCUT2D eigenvalue weighted by atomic mass is 16.1. The molecule has 0 aliphatic heterocycles. The highest BCUT2D eigenvalue weighted by Gasteiger charge is 2.25. The first kappa shape index (κ1) is 26.8. The van der Waals surface area contributed by atoms with Crippen LogP contribution >= 0.6 is 0 Å². The van der Waals surface area contributed by atoms with E-state index in [1.807, 2.05) is 6.92 Å². The number of unbranched alkanes of at least 4 members (excludes halogenated alkanes) is 14. The predicted octanol–water partition coefficient (Wildman–Crippen LogP) is 7.06. The third-order valence-electron chi connectivity index (χ3n) is 6.32. The minimum atomic E-state index is -1.11. The molecule has 0 amide bonds. The van der Waals surface area contributed by atoms with Crippen molar-refractivity contribution in [1.82, 2.24) is 0 Å². The fraction of sp³-hybridized carbons (Fsp3) is 0.741. The van der Waals surface area contributed by atoms with Crippen molar-refractivity contribution >= 4 is 5.78 Å². The molecule has 0 fully saturated rings. The van der Waals surface area contributed by atoms with Gasteiger partial charge in [-0.2, -0.15) is 0 Å². The van der Waals surface area contributed by atoms with E-state index in [1.165, 1.54) is 95.5 Å². The number of hydrogen-bond donors (Lipinski definition) is 2. The maximum absolute atomic E-state index is 11.8. The lowest BCUT2D eigenvalue weighted by atomic mass is 9.98. The molecule has 0 radical (unpaired) electrons. The summed E-state index contributed by atoms with van der Waals surface area (Å²) in [5.74, 6) is 0.0113. The molecule has 1 rings (SSSR count). The summed E-state index contributed by atoms with van der Waals surface area (Å²) in [7, 11) is 0. The summed E-state index contributed by atoms with van der Waals surface area (Å²) in [5, 5.41) is 0. The van der Waals surface area contributed by atoms with Gasteiger partial charge >= 0.3 is 0 Å². The first-order chi connectivity index (χ1) is 14.6. The molecule has 1 aromatic rings. The summed E-state index contributed by atoms with van der Waals surface area (Å²) in [4.78, 5) is 11.8. The van der Waals surface area contributed by atoms with Crippen molar-refractivity contribution in [2.45, 2.75) is 128 Å². The smallest absolute Gasteiger partial charge is 0.166 e. The van der Waals surface area contributed by atoms with Crippen LogP contribution in [0.3, 0.4) is 0 Å². The molecule has 0 saturated carbocycles. The van der Waals surface area contributed by atoms with E-state index in [1.54, 1.807) is 0 Å². The number of Topliss-reactive ketones (excluding diaryl/α,β-unsaturated/α-hetero) is 1. The van der Waals surface area contributed by atoms with Crippen molar-refractivity contribution in [2.75, 3.05) is 0 Å². The number of benzene rings is 1. The zero-order valence-electron chi connectivity index (χ0n) is 19.7. The van der Waals surface area contributed by atoms with Crippen LogP contribution in [0.1, 0.15) is 122 Å². The van der Waals surface area contributed by atoms with Crippen LogP contribution in [0.4, 0.5) is 0 Å². The van der Waals surface area contributed by atoms with Gasteiger partial charge in [0.2, 0.25) is 0 Å². The Bertz CT molecular complexity index is 527. The van der Waals surface area contributed by atoms with E-state index in [4.69, 9.17) is 11.5 Å². The van der Waals surface area contributed by atoms with Gasteiger partial charge in [0.15, 0.2) is 5.78 Å². The Labute approximate surface area is 186 Å². The molecule has 4 N–H and O–H groups in total. The van der Waals surface area contributed by atoms with E-state index < -0.39 is 5.66 Å². The molecular formula is C27H48N2O. The zero-order chi connectivity index (χ0) is 21.9. The van der Waals surface area contributed by atoms with Crippen LogP contribution < -0.4 is 11.5 Å². The fourth-order valence-corrected chi connectivity index (χ4v) is 3.99. The molecule has 3 heteroatoms. The largest absolute Gasteiger partial charge is 0.307 e. The van der Waals surface area contributed by atoms with Gasteiger partial charge in [-0.05, 0) is 31.2 Å². The van der Waals surface area contributed by atoms with Crippen LogP contribution in [0.15, 0.2) is 30.3 Å². The Morgan fingerprint density at radius 1 is 0.667 bits per heavy atom. The standard InChI is InChI=1S/C27H48N2O/c1-2-27(28,29)26(30)24-20-15-13-11-9-7-5-3-4-6-8-10-12-14-17-21-25-22-18-16-19-23-25/h16,18-19,22-23H,2-15,17,20-21,24,28-29H2,1H3. The number of carbonyl (C=O) groups is 1. The van der Waals surface area contributed by atoms with Crippen LogP contribution in [0.2, 0.25) is 0 Å². The lowest BCUT2D eigenvalue weighted by Gasteiger charge is -2.20. The first-order valence-electron chi connectivity index (χ1n) is 12.7. The van der Waals surface area contributed by atoms with Crippen LogP contribution in [-0.2, 0) is 11.2 Å². The topological polar surface area (TPSA) is 69.1 Å². The van der Waals surface area contributed by atoms with Gasteiger partial charge in [0.25, 0.3) is 0 Å². The molecule has 0 aliphatic carbocycles. The minimum absolute atomic E-state index is 0.0113. The van der Waals surface area contributed by atoms with E-state index in [0.29, 0.717) is 12.8 Å². The Morgan fingerprint density at radius 3 is 1.50 bits per heavy atom. The van der Waals surface area contributed by atoms with Crippen LogP contribution in [0, 0.1) is 0 Å². The first-order valence-corrected chi connectivity index (χ1v) is 12.7.